The van der Waals surface area contributed by atoms with Gasteiger partial charge in [0.1, 0.15) is 5.69 Å². The lowest BCUT2D eigenvalue weighted by Gasteiger charge is -1.99. The zero-order chi connectivity index (χ0) is 11.8. The molecule has 0 aliphatic rings. The summed E-state index contributed by atoms with van der Waals surface area (Å²) in [7, 11) is 0. The second kappa shape index (κ2) is 4.25. The minimum Gasteiger partial charge on any atom is -0.390 e. The van der Waals surface area contributed by atoms with Crippen molar-refractivity contribution in [3.8, 4) is 10.6 Å². The first-order valence-corrected chi connectivity index (χ1v) is 6.78. The maximum Gasteiger partial charge on any atom is 0.152 e. The summed E-state index contributed by atoms with van der Waals surface area (Å²) in [5.74, 6) is 0. The summed E-state index contributed by atoms with van der Waals surface area (Å²) in [5, 5.41) is 11.5. The summed E-state index contributed by atoms with van der Waals surface area (Å²) < 4.78 is 2.84. The summed E-state index contributed by atoms with van der Waals surface area (Å²) >= 11 is 5.10. The van der Waals surface area contributed by atoms with Gasteiger partial charge >= 0.3 is 0 Å². The minimum atomic E-state index is -0.0230. The lowest BCUT2D eigenvalue weighted by molar-refractivity contribution is 0.276. The summed E-state index contributed by atoms with van der Waals surface area (Å²) in [5.41, 5.74) is 2.51. The third kappa shape index (κ3) is 1.71. The van der Waals surface area contributed by atoms with Gasteiger partial charge in [0, 0.05) is 6.20 Å². The van der Waals surface area contributed by atoms with Crippen LogP contribution in [0.1, 0.15) is 5.69 Å². The Labute approximate surface area is 110 Å². The largest absolute Gasteiger partial charge is 0.390 e. The van der Waals surface area contributed by atoms with Gasteiger partial charge < -0.3 is 9.51 Å². The van der Waals surface area contributed by atoms with Crippen molar-refractivity contribution >= 4 is 32.9 Å². The molecule has 3 aromatic heterocycles. The van der Waals surface area contributed by atoms with Crippen LogP contribution < -0.4 is 0 Å². The molecule has 0 spiro atoms. The number of aliphatic hydroxyl groups excluding tert-OH is 1. The van der Waals surface area contributed by atoms with E-state index in [1.807, 2.05) is 40.2 Å². The molecular weight excluding hydrogens is 300 g/mol. The predicted octanol–water partition coefficient (Wildman–Crippen LogP) is 3.32. The van der Waals surface area contributed by atoms with Crippen LogP contribution in [-0.2, 0) is 6.61 Å². The van der Waals surface area contributed by atoms with E-state index in [0.717, 1.165) is 26.4 Å². The number of halogens is 1. The summed E-state index contributed by atoms with van der Waals surface area (Å²) in [4.78, 5) is 5.67. The maximum atomic E-state index is 9.52. The number of pyridine rings is 1. The smallest absolute Gasteiger partial charge is 0.152 e. The molecule has 0 saturated carbocycles. The number of imidazole rings is 1. The number of aliphatic hydroxyl groups is 1. The Bertz CT molecular complexity index is 661. The van der Waals surface area contributed by atoms with E-state index in [0.29, 0.717) is 0 Å². The van der Waals surface area contributed by atoms with E-state index < -0.39 is 0 Å². The molecule has 5 heteroatoms. The molecule has 0 fully saturated rings. The minimum absolute atomic E-state index is 0.0230. The van der Waals surface area contributed by atoms with Crippen molar-refractivity contribution in [2.45, 2.75) is 6.61 Å². The normalized spacial score (nSPS) is 11.2. The second-order valence-electron chi connectivity index (χ2n) is 3.59. The molecule has 0 atom stereocenters. The van der Waals surface area contributed by atoms with Crippen LogP contribution in [0.25, 0.3) is 16.2 Å². The van der Waals surface area contributed by atoms with Crippen LogP contribution in [0.2, 0.25) is 0 Å². The Hall–Kier alpha value is -1.17. The lowest BCUT2D eigenvalue weighted by Crippen LogP contribution is -1.93. The molecule has 3 nitrogen and oxygen atoms in total. The highest BCUT2D eigenvalue weighted by molar-refractivity contribution is 9.10. The van der Waals surface area contributed by atoms with Crippen molar-refractivity contribution in [2.24, 2.45) is 0 Å². The number of thiophene rings is 1. The Morgan fingerprint density at radius 1 is 1.35 bits per heavy atom. The summed E-state index contributed by atoms with van der Waals surface area (Å²) in [6, 6.07) is 7.87. The average Bonchev–Trinajstić information content (AvgIpc) is 2.95. The molecule has 0 amide bonds. The fraction of sp³-hybridized carbons (Fsp3) is 0.0833. The number of hydrogen-bond donors (Lipinski definition) is 1. The molecule has 0 bridgehead atoms. The molecule has 3 rings (SSSR count). The molecule has 0 saturated heterocycles. The first-order chi connectivity index (χ1) is 8.31. The zero-order valence-electron chi connectivity index (χ0n) is 8.80. The predicted molar refractivity (Wildman–Crippen MR) is 72.1 cm³/mol. The average molecular weight is 309 g/mol. The number of aromatic nitrogens is 2. The Morgan fingerprint density at radius 2 is 2.24 bits per heavy atom. The van der Waals surface area contributed by atoms with Gasteiger partial charge in [-0.05, 0) is 39.5 Å². The third-order valence-electron chi connectivity index (χ3n) is 2.61. The monoisotopic (exact) mass is 308 g/mol. The van der Waals surface area contributed by atoms with Crippen LogP contribution in [0.3, 0.4) is 0 Å². The van der Waals surface area contributed by atoms with E-state index in [1.165, 1.54) is 0 Å². The maximum absolute atomic E-state index is 9.52. The molecular formula is C12H9BrN2OS. The van der Waals surface area contributed by atoms with Crippen LogP contribution in [0.15, 0.2) is 40.3 Å². The van der Waals surface area contributed by atoms with Gasteiger partial charge in [0.05, 0.1) is 21.7 Å². The van der Waals surface area contributed by atoms with Crippen molar-refractivity contribution in [1.29, 1.82) is 0 Å². The third-order valence-corrected chi connectivity index (χ3v) is 4.10. The standard InChI is InChI=1S/C12H9BrN2OS/c13-8-3-1-5-15-9(7-16)11(14-12(8)15)10-4-2-6-17-10/h1-6,16H,7H2. The molecule has 0 unspecified atom stereocenters. The van der Waals surface area contributed by atoms with E-state index >= 15 is 0 Å². The molecule has 0 aromatic carbocycles. The van der Waals surface area contributed by atoms with Gasteiger partial charge in [-0.15, -0.1) is 11.3 Å². The fourth-order valence-corrected chi connectivity index (χ4v) is 3.01. The highest BCUT2D eigenvalue weighted by Crippen LogP contribution is 2.30. The Balaban J connectivity index is 2.36. The quantitative estimate of drug-likeness (QED) is 0.788. The highest BCUT2D eigenvalue weighted by atomic mass is 79.9. The number of fused-ring (bicyclic) bond motifs is 1. The van der Waals surface area contributed by atoms with Gasteiger partial charge in [0.25, 0.3) is 0 Å². The van der Waals surface area contributed by atoms with Crippen molar-refractivity contribution in [2.75, 3.05) is 0 Å². The van der Waals surface area contributed by atoms with Crippen molar-refractivity contribution in [1.82, 2.24) is 9.38 Å². The van der Waals surface area contributed by atoms with Crippen LogP contribution >= 0.6 is 27.3 Å². The van der Waals surface area contributed by atoms with E-state index in [1.54, 1.807) is 11.3 Å². The van der Waals surface area contributed by atoms with Gasteiger partial charge in [0.15, 0.2) is 5.65 Å². The van der Waals surface area contributed by atoms with Crippen LogP contribution in [0, 0.1) is 0 Å². The Kier molecular flexibility index (Phi) is 2.74. The van der Waals surface area contributed by atoms with Gasteiger partial charge in [0.2, 0.25) is 0 Å². The molecule has 17 heavy (non-hydrogen) atoms. The van der Waals surface area contributed by atoms with Gasteiger partial charge in [-0.3, -0.25) is 0 Å². The lowest BCUT2D eigenvalue weighted by atomic mass is 10.3. The van der Waals surface area contributed by atoms with Gasteiger partial charge in [-0.25, -0.2) is 4.98 Å². The second-order valence-corrected chi connectivity index (χ2v) is 5.39. The SMILES string of the molecule is OCc1c(-c2cccs2)nc2c(Br)cccn12. The van der Waals surface area contributed by atoms with Crippen molar-refractivity contribution < 1.29 is 5.11 Å². The molecule has 3 heterocycles. The first kappa shape index (κ1) is 11.0. The van der Waals surface area contributed by atoms with Crippen LogP contribution in [-0.4, -0.2) is 14.5 Å². The Morgan fingerprint density at radius 3 is 2.94 bits per heavy atom. The zero-order valence-corrected chi connectivity index (χ0v) is 11.2. The highest BCUT2D eigenvalue weighted by Gasteiger charge is 2.15. The molecule has 0 aliphatic carbocycles. The first-order valence-electron chi connectivity index (χ1n) is 5.11. The van der Waals surface area contributed by atoms with E-state index in [9.17, 15) is 5.11 Å². The van der Waals surface area contributed by atoms with E-state index in [4.69, 9.17) is 0 Å². The molecule has 86 valence electrons. The fourth-order valence-electron chi connectivity index (χ4n) is 1.85. The molecule has 3 aromatic rings. The van der Waals surface area contributed by atoms with Crippen LogP contribution in [0.5, 0.6) is 0 Å². The number of rotatable bonds is 2. The van der Waals surface area contributed by atoms with Crippen molar-refractivity contribution in [3.05, 3.63) is 46.0 Å². The van der Waals surface area contributed by atoms with Gasteiger partial charge in [-0.1, -0.05) is 6.07 Å². The summed E-state index contributed by atoms with van der Waals surface area (Å²) in [6.07, 6.45) is 1.91. The van der Waals surface area contributed by atoms with E-state index in [2.05, 4.69) is 20.9 Å². The number of nitrogens with zero attached hydrogens (tertiary/aromatic N) is 2. The summed E-state index contributed by atoms with van der Waals surface area (Å²) in [6.45, 7) is -0.0230. The molecule has 1 N–H and O–H groups in total. The molecule has 0 radical (unpaired) electrons. The van der Waals surface area contributed by atoms with E-state index in [-0.39, 0.29) is 6.61 Å². The van der Waals surface area contributed by atoms with Crippen LogP contribution in [0.4, 0.5) is 0 Å². The topological polar surface area (TPSA) is 37.5 Å². The molecule has 0 aliphatic heterocycles. The van der Waals surface area contributed by atoms with Crippen molar-refractivity contribution in [3.63, 3.8) is 0 Å². The van der Waals surface area contributed by atoms with Gasteiger partial charge in [-0.2, -0.15) is 0 Å². The number of hydrogen-bond acceptors (Lipinski definition) is 3.